The second-order valence-electron chi connectivity index (χ2n) is 6.80. The lowest BCUT2D eigenvalue weighted by atomic mass is 9.64. The molecular formula is C18H21ClN2O3. The highest BCUT2D eigenvalue weighted by Gasteiger charge is 2.51. The molecule has 0 aliphatic carbocycles. The zero-order valence-electron chi connectivity index (χ0n) is 13.8. The summed E-state index contributed by atoms with van der Waals surface area (Å²) in [5, 5.41) is 18.3. The number of hydrogen-bond donors (Lipinski definition) is 2. The molecule has 5 nitrogen and oxygen atoms in total. The average Bonchev–Trinajstić information content (AvgIpc) is 3.03. The molecule has 2 aromatic rings. The van der Waals surface area contributed by atoms with Crippen LogP contribution < -0.4 is 5.32 Å². The summed E-state index contributed by atoms with van der Waals surface area (Å²) in [6.45, 7) is 4.62. The van der Waals surface area contributed by atoms with E-state index in [1.807, 2.05) is 12.1 Å². The Morgan fingerprint density at radius 1 is 1.42 bits per heavy atom. The predicted molar refractivity (Wildman–Crippen MR) is 92.1 cm³/mol. The lowest BCUT2D eigenvalue weighted by molar-refractivity contribution is -0.0482. The van der Waals surface area contributed by atoms with Crippen LogP contribution in [0.25, 0.3) is 11.3 Å². The Bertz CT molecular complexity index is 743. The fraction of sp³-hybridized carbons (Fsp3) is 0.444. The van der Waals surface area contributed by atoms with Gasteiger partial charge in [-0.15, -0.1) is 0 Å². The van der Waals surface area contributed by atoms with E-state index in [0.29, 0.717) is 34.9 Å². The van der Waals surface area contributed by atoms with Crippen molar-refractivity contribution >= 4 is 17.4 Å². The van der Waals surface area contributed by atoms with Gasteiger partial charge in [0.2, 0.25) is 0 Å². The van der Waals surface area contributed by atoms with Crippen LogP contribution in [0.3, 0.4) is 0 Å². The van der Waals surface area contributed by atoms with Crippen molar-refractivity contribution in [3.05, 3.63) is 41.0 Å². The molecule has 0 saturated carbocycles. The van der Waals surface area contributed by atoms with Gasteiger partial charge in [0, 0.05) is 12.1 Å². The fourth-order valence-corrected chi connectivity index (χ4v) is 3.62. The van der Waals surface area contributed by atoms with Gasteiger partial charge in [-0.05, 0) is 45.4 Å². The highest BCUT2D eigenvalue weighted by molar-refractivity contribution is 6.33. The minimum Gasteiger partial charge on any atom is -0.389 e. The molecule has 0 amide bonds. The molecule has 1 saturated heterocycles. The fourth-order valence-electron chi connectivity index (χ4n) is 3.40. The van der Waals surface area contributed by atoms with E-state index in [2.05, 4.69) is 10.5 Å². The third kappa shape index (κ3) is 2.77. The van der Waals surface area contributed by atoms with Crippen LogP contribution in [0, 0.1) is 5.41 Å². The van der Waals surface area contributed by atoms with Gasteiger partial charge in [-0.2, -0.15) is 0 Å². The number of benzene rings is 1. The highest BCUT2D eigenvalue weighted by atomic mass is 35.5. The number of Topliss-reactive ketones (excluding diaryl/α,β-unsaturated/α-hetero) is 1. The summed E-state index contributed by atoms with van der Waals surface area (Å²) in [5.74, 6) is 0.179. The molecular weight excluding hydrogens is 328 g/mol. The van der Waals surface area contributed by atoms with Crippen LogP contribution in [-0.2, 0) is 0 Å². The molecule has 3 rings (SSSR count). The zero-order valence-corrected chi connectivity index (χ0v) is 14.6. The third-order valence-corrected chi connectivity index (χ3v) is 5.25. The van der Waals surface area contributed by atoms with Gasteiger partial charge in [-0.3, -0.25) is 4.79 Å². The number of rotatable bonds is 4. The summed E-state index contributed by atoms with van der Waals surface area (Å²) >= 11 is 6.24. The van der Waals surface area contributed by atoms with Gasteiger partial charge >= 0.3 is 0 Å². The number of carbonyl (C=O) groups excluding carboxylic acids is 1. The van der Waals surface area contributed by atoms with Crippen molar-refractivity contribution < 1.29 is 14.4 Å². The molecule has 1 aromatic carbocycles. The minimum absolute atomic E-state index is 0.168. The summed E-state index contributed by atoms with van der Waals surface area (Å²) in [4.78, 5) is 13.4. The van der Waals surface area contributed by atoms with Crippen LogP contribution in [0.4, 0.5) is 0 Å². The van der Waals surface area contributed by atoms with Gasteiger partial charge in [0.15, 0.2) is 11.5 Å². The van der Waals surface area contributed by atoms with Crippen LogP contribution in [0.1, 0.15) is 37.0 Å². The Kier molecular flexibility index (Phi) is 4.51. The maximum atomic E-state index is 13.4. The molecule has 1 aliphatic heterocycles. The number of ketones is 1. The maximum absolute atomic E-state index is 13.4. The van der Waals surface area contributed by atoms with Gasteiger partial charge in [0.1, 0.15) is 0 Å². The number of aliphatic hydroxyl groups is 1. The number of carbonyl (C=O) groups is 1. The number of piperidine rings is 1. The highest BCUT2D eigenvalue weighted by Crippen LogP contribution is 2.43. The number of nitrogens with zero attached hydrogens (tertiary/aromatic N) is 1. The topological polar surface area (TPSA) is 75.4 Å². The first-order chi connectivity index (χ1) is 11.4. The smallest absolute Gasteiger partial charge is 0.179 e. The average molecular weight is 349 g/mol. The summed E-state index contributed by atoms with van der Waals surface area (Å²) in [6.07, 6.45) is 2.85. The maximum Gasteiger partial charge on any atom is 0.179 e. The molecule has 1 atom stereocenters. The Labute approximate surface area is 146 Å². The lowest BCUT2D eigenvalue weighted by Crippen LogP contribution is -2.57. The van der Waals surface area contributed by atoms with E-state index < -0.39 is 11.0 Å². The summed E-state index contributed by atoms with van der Waals surface area (Å²) < 4.78 is 5.34. The molecule has 24 heavy (non-hydrogen) atoms. The van der Waals surface area contributed by atoms with Crippen molar-refractivity contribution in [3.63, 3.8) is 0 Å². The summed E-state index contributed by atoms with van der Waals surface area (Å²) in [7, 11) is 0. The van der Waals surface area contributed by atoms with E-state index in [0.717, 1.165) is 13.0 Å². The van der Waals surface area contributed by atoms with Gasteiger partial charge < -0.3 is 14.9 Å². The van der Waals surface area contributed by atoms with Crippen molar-refractivity contribution in [3.8, 4) is 11.3 Å². The standard InChI is InChI=1S/C18H21ClN2O3/c1-17(2,23)18(8-5-9-20-11-18)16(22)13-10-21-24-15(13)12-6-3-4-7-14(12)19/h3-4,6-7,10,20,23H,5,8-9,11H2,1-2H3/t18-/m1/s1. The van der Waals surface area contributed by atoms with Crippen LogP contribution in [0.15, 0.2) is 35.0 Å². The van der Waals surface area contributed by atoms with Crippen LogP contribution in [0.2, 0.25) is 5.02 Å². The largest absolute Gasteiger partial charge is 0.389 e. The molecule has 0 bridgehead atoms. The summed E-state index contributed by atoms with van der Waals surface area (Å²) in [6, 6.07) is 7.16. The number of aromatic nitrogens is 1. The van der Waals surface area contributed by atoms with Gasteiger partial charge in [0.25, 0.3) is 0 Å². The van der Waals surface area contributed by atoms with Gasteiger partial charge in [-0.1, -0.05) is 28.9 Å². The molecule has 2 heterocycles. The molecule has 0 unspecified atom stereocenters. The molecule has 1 aliphatic rings. The first kappa shape index (κ1) is 17.1. The second-order valence-corrected chi connectivity index (χ2v) is 7.21. The Morgan fingerprint density at radius 3 is 2.79 bits per heavy atom. The van der Waals surface area contributed by atoms with Crippen molar-refractivity contribution in [1.82, 2.24) is 10.5 Å². The van der Waals surface area contributed by atoms with E-state index in [1.165, 1.54) is 6.20 Å². The Morgan fingerprint density at radius 2 is 2.17 bits per heavy atom. The quantitative estimate of drug-likeness (QED) is 0.829. The molecule has 6 heteroatoms. The molecule has 0 spiro atoms. The first-order valence-electron chi connectivity index (χ1n) is 8.04. The minimum atomic E-state index is -1.17. The molecule has 128 valence electrons. The Balaban J connectivity index is 2.08. The van der Waals surface area contributed by atoms with Crippen molar-refractivity contribution in [2.24, 2.45) is 5.41 Å². The first-order valence-corrected chi connectivity index (χ1v) is 8.42. The Hall–Kier alpha value is -1.69. The van der Waals surface area contributed by atoms with Gasteiger partial charge in [0.05, 0.1) is 27.8 Å². The predicted octanol–water partition coefficient (Wildman–Crippen LogP) is 3.32. The van der Waals surface area contributed by atoms with E-state index >= 15 is 0 Å². The number of halogens is 1. The van der Waals surface area contributed by atoms with Crippen molar-refractivity contribution in [2.75, 3.05) is 13.1 Å². The van der Waals surface area contributed by atoms with E-state index in [9.17, 15) is 9.90 Å². The third-order valence-electron chi connectivity index (χ3n) is 4.92. The molecule has 1 aromatic heterocycles. The molecule has 1 fully saturated rings. The molecule has 2 N–H and O–H groups in total. The van der Waals surface area contributed by atoms with Crippen LogP contribution in [-0.4, -0.2) is 34.7 Å². The zero-order chi connectivity index (χ0) is 17.4. The van der Waals surface area contributed by atoms with Gasteiger partial charge in [-0.25, -0.2) is 0 Å². The van der Waals surface area contributed by atoms with Crippen molar-refractivity contribution in [2.45, 2.75) is 32.3 Å². The number of nitrogens with one attached hydrogen (secondary N) is 1. The summed E-state index contributed by atoms with van der Waals surface area (Å²) in [5.41, 5.74) is -1.12. The normalized spacial score (nSPS) is 21.7. The number of hydrogen-bond acceptors (Lipinski definition) is 5. The van der Waals surface area contributed by atoms with Crippen LogP contribution in [0.5, 0.6) is 0 Å². The lowest BCUT2D eigenvalue weighted by Gasteiger charge is -2.44. The van der Waals surface area contributed by atoms with Crippen LogP contribution >= 0.6 is 11.6 Å². The second kappa shape index (κ2) is 6.31. The van der Waals surface area contributed by atoms with Crippen molar-refractivity contribution in [1.29, 1.82) is 0 Å². The van der Waals surface area contributed by atoms with E-state index in [1.54, 1.807) is 26.0 Å². The SMILES string of the molecule is CC(C)(O)[C@]1(C(=O)c2cnoc2-c2ccccc2Cl)CCCNC1. The molecule has 0 radical (unpaired) electrons. The monoisotopic (exact) mass is 348 g/mol. The van der Waals surface area contributed by atoms with E-state index in [-0.39, 0.29) is 5.78 Å². The van der Waals surface area contributed by atoms with E-state index in [4.69, 9.17) is 16.1 Å².